The summed E-state index contributed by atoms with van der Waals surface area (Å²) < 4.78 is 1.89. The van der Waals surface area contributed by atoms with Gasteiger partial charge in [-0.15, -0.1) is 0 Å². The number of likely N-dealkylation sites (tertiary alicyclic amines) is 1. The lowest BCUT2D eigenvalue weighted by atomic mass is 9.98. The Morgan fingerprint density at radius 3 is 3.00 bits per heavy atom. The Balaban J connectivity index is 2.07. The predicted octanol–water partition coefficient (Wildman–Crippen LogP) is 1.55. The Kier molecular flexibility index (Phi) is 4.18. The van der Waals surface area contributed by atoms with Gasteiger partial charge in [-0.2, -0.15) is 5.10 Å². The summed E-state index contributed by atoms with van der Waals surface area (Å²) in [6, 6.07) is 1.14. The molecular weight excluding hydrogens is 212 g/mol. The van der Waals surface area contributed by atoms with Crippen molar-refractivity contribution >= 4 is 0 Å². The molecule has 0 spiro atoms. The van der Waals surface area contributed by atoms with Crippen LogP contribution in [0.15, 0.2) is 12.4 Å². The van der Waals surface area contributed by atoms with Gasteiger partial charge in [-0.25, -0.2) is 0 Å². The van der Waals surface area contributed by atoms with E-state index in [9.17, 15) is 0 Å². The van der Waals surface area contributed by atoms with Crippen LogP contribution in [0.2, 0.25) is 0 Å². The third-order valence-electron chi connectivity index (χ3n) is 3.82. The van der Waals surface area contributed by atoms with Crippen LogP contribution >= 0.6 is 0 Å². The fourth-order valence-electron chi connectivity index (χ4n) is 2.83. The van der Waals surface area contributed by atoms with Gasteiger partial charge in [0.05, 0.1) is 6.20 Å². The molecule has 0 aliphatic carbocycles. The van der Waals surface area contributed by atoms with Crippen LogP contribution in [-0.4, -0.2) is 40.9 Å². The Morgan fingerprint density at radius 2 is 2.35 bits per heavy atom. The summed E-state index contributed by atoms with van der Waals surface area (Å²) in [5.41, 5.74) is 1.33. The van der Waals surface area contributed by atoms with Crippen molar-refractivity contribution in [3.05, 3.63) is 18.0 Å². The van der Waals surface area contributed by atoms with Crippen LogP contribution < -0.4 is 5.32 Å². The second kappa shape index (κ2) is 5.65. The topological polar surface area (TPSA) is 33.1 Å². The van der Waals surface area contributed by atoms with Crippen molar-refractivity contribution in [2.45, 2.75) is 38.3 Å². The number of rotatable bonds is 4. The molecule has 4 heteroatoms. The highest BCUT2D eigenvalue weighted by Gasteiger charge is 2.27. The van der Waals surface area contributed by atoms with Crippen LogP contribution in [0.3, 0.4) is 0 Å². The van der Waals surface area contributed by atoms with Gasteiger partial charge in [0, 0.05) is 37.4 Å². The normalized spacial score (nSPS) is 23.8. The number of hydrogen-bond donors (Lipinski definition) is 1. The minimum absolute atomic E-state index is 0.474. The first kappa shape index (κ1) is 12.6. The number of aromatic nitrogens is 2. The molecule has 1 saturated heterocycles. The highest BCUT2D eigenvalue weighted by molar-refractivity contribution is 5.10. The van der Waals surface area contributed by atoms with E-state index in [2.05, 4.69) is 28.4 Å². The summed E-state index contributed by atoms with van der Waals surface area (Å²) in [4.78, 5) is 2.62. The molecule has 1 aliphatic rings. The van der Waals surface area contributed by atoms with Crippen LogP contribution in [0.1, 0.15) is 37.8 Å². The first-order chi connectivity index (χ1) is 8.22. The quantitative estimate of drug-likeness (QED) is 0.861. The molecule has 1 fully saturated rings. The average Bonchev–Trinajstić information content (AvgIpc) is 2.76. The maximum absolute atomic E-state index is 4.28. The molecule has 0 bridgehead atoms. The van der Waals surface area contributed by atoms with Crippen LogP contribution in [0, 0.1) is 0 Å². The molecule has 96 valence electrons. The molecule has 4 nitrogen and oxygen atoms in total. The molecular formula is C13H24N4. The molecule has 2 unspecified atom stereocenters. The highest BCUT2D eigenvalue weighted by Crippen LogP contribution is 2.27. The first-order valence-corrected chi connectivity index (χ1v) is 6.61. The van der Waals surface area contributed by atoms with Gasteiger partial charge in [-0.05, 0) is 33.4 Å². The molecule has 0 saturated carbocycles. The summed E-state index contributed by atoms with van der Waals surface area (Å²) in [7, 11) is 4.03. The van der Waals surface area contributed by atoms with E-state index in [1.165, 1.54) is 31.4 Å². The highest BCUT2D eigenvalue weighted by atomic mass is 15.3. The van der Waals surface area contributed by atoms with E-state index in [-0.39, 0.29) is 0 Å². The van der Waals surface area contributed by atoms with Gasteiger partial charge in [-0.3, -0.25) is 9.58 Å². The summed E-state index contributed by atoms with van der Waals surface area (Å²) >= 11 is 0. The lowest BCUT2D eigenvalue weighted by molar-refractivity contribution is 0.103. The Hall–Kier alpha value is -0.870. The van der Waals surface area contributed by atoms with E-state index >= 15 is 0 Å². The van der Waals surface area contributed by atoms with Crippen molar-refractivity contribution in [2.75, 3.05) is 20.1 Å². The molecule has 17 heavy (non-hydrogen) atoms. The summed E-state index contributed by atoms with van der Waals surface area (Å²) in [5.74, 6) is 0. The molecule has 2 atom stereocenters. The van der Waals surface area contributed by atoms with Crippen molar-refractivity contribution in [1.29, 1.82) is 0 Å². The minimum atomic E-state index is 0.474. The van der Waals surface area contributed by atoms with Crippen LogP contribution in [-0.2, 0) is 7.05 Å². The van der Waals surface area contributed by atoms with Crippen LogP contribution in [0.25, 0.3) is 0 Å². The number of likely N-dealkylation sites (N-methyl/N-ethyl adjacent to an activating group) is 1. The number of aryl methyl sites for hydroxylation is 1. The summed E-state index contributed by atoms with van der Waals surface area (Å²) in [5, 5.41) is 7.59. The van der Waals surface area contributed by atoms with Gasteiger partial charge in [0.25, 0.3) is 0 Å². The maximum atomic E-state index is 4.28. The van der Waals surface area contributed by atoms with E-state index in [0.29, 0.717) is 12.1 Å². The molecule has 1 aromatic heterocycles. The van der Waals surface area contributed by atoms with Gasteiger partial charge in [0.15, 0.2) is 0 Å². The molecule has 0 aromatic carbocycles. The van der Waals surface area contributed by atoms with Gasteiger partial charge in [0.2, 0.25) is 0 Å². The van der Waals surface area contributed by atoms with Crippen molar-refractivity contribution in [3.63, 3.8) is 0 Å². The largest absolute Gasteiger partial charge is 0.318 e. The summed E-state index contributed by atoms with van der Waals surface area (Å²) in [6.07, 6.45) is 8.13. The number of nitrogens with zero attached hydrogens (tertiary/aromatic N) is 3. The van der Waals surface area contributed by atoms with E-state index in [1.54, 1.807) is 0 Å². The monoisotopic (exact) mass is 236 g/mol. The van der Waals surface area contributed by atoms with Gasteiger partial charge in [-0.1, -0.05) is 6.42 Å². The van der Waals surface area contributed by atoms with Crippen molar-refractivity contribution in [3.8, 4) is 0 Å². The lowest BCUT2D eigenvalue weighted by Crippen LogP contribution is -2.45. The average molecular weight is 236 g/mol. The molecule has 0 radical (unpaired) electrons. The minimum Gasteiger partial charge on any atom is -0.318 e. The Morgan fingerprint density at radius 1 is 1.53 bits per heavy atom. The zero-order valence-electron chi connectivity index (χ0n) is 11.2. The molecule has 0 amide bonds. The Bertz CT molecular complexity index is 345. The summed E-state index contributed by atoms with van der Waals surface area (Å²) in [6.45, 7) is 4.60. The fourth-order valence-corrected chi connectivity index (χ4v) is 2.83. The van der Waals surface area contributed by atoms with E-state index in [0.717, 1.165) is 6.54 Å². The first-order valence-electron chi connectivity index (χ1n) is 6.61. The molecule has 1 aliphatic heterocycles. The van der Waals surface area contributed by atoms with Gasteiger partial charge >= 0.3 is 0 Å². The number of nitrogens with one attached hydrogen (secondary N) is 1. The van der Waals surface area contributed by atoms with Crippen LogP contribution in [0.5, 0.6) is 0 Å². The smallest absolute Gasteiger partial charge is 0.0537 e. The van der Waals surface area contributed by atoms with Gasteiger partial charge < -0.3 is 5.32 Å². The number of piperidine rings is 1. The predicted molar refractivity (Wildman–Crippen MR) is 69.9 cm³/mol. The zero-order chi connectivity index (χ0) is 12.3. The second-order valence-electron chi connectivity index (χ2n) is 5.07. The third kappa shape index (κ3) is 2.87. The SMILES string of the molecule is CNCC1CCCCN1C(C)c1cnn(C)c1. The van der Waals surface area contributed by atoms with Crippen LogP contribution in [0.4, 0.5) is 0 Å². The van der Waals surface area contributed by atoms with Crippen molar-refractivity contribution < 1.29 is 0 Å². The second-order valence-corrected chi connectivity index (χ2v) is 5.07. The van der Waals surface area contributed by atoms with E-state index in [4.69, 9.17) is 0 Å². The van der Waals surface area contributed by atoms with Gasteiger partial charge in [0.1, 0.15) is 0 Å². The molecule has 1 aromatic rings. The lowest BCUT2D eigenvalue weighted by Gasteiger charge is -2.39. The standard InChI is InChI=1S/C13H24N4/c1-11(12-8-15-16(3)10-12)17-7-5-4-6-13(17)9-14-2/h8,10-11,13-14H,4-7,9H2,1-3H3. The van der Waals surface area contributed by atoms with E-state index in [1.807, 2.05) is 25.0 Å². The van der Waals surface area contributed by atoms with Crippen molar-refractivity contribution in [1.82, 2.24) is 20.0 Å². The number of hydrogen-bond acceptors (Lipinski definition) is 3. The maximum Gasteiger partial charge on any atom is 0.0537 e. The molecule has 1 N–H and O–H groups in total. The van der Waals surface area contributed by atoms with Crippen molar-refractivity contribution in [2.24, 2.45) is 7.05 Å². The molecule has 2 heterocycles. The molecule has 2 rings (SSSR count). The fraction of sp³-hybridized carbons (Fsp3) is 0.769. The zero-order valence-corrected chi connectivity index (χ0v) is 11.2. The Labute approximate surface area is 104 Å². The third-order valence-corrected chi connectivity index (χ3v) is 3.82. The van der Waals surface area contributed by atoms with E-state index < -0.39 is 0 Å².